The first kappa shape index (κ1) is 35.5. The van der Waals surface area contributed by atoms with Crippen molar-refractivity contribution in [2.24, 2.45) is 0 Å². The summed E-state index contributed by atoms with van der Waals surface area (Å²) in [5.41, 5.74) is 2.32. The quantitative estimate of drug-likeness (QED) is 0.164. The minimum Gasteiger partial charge on any atom is -1.00 e. The van der Waals surface area contributed by atoms with E-state index < -0.39 is 0 Å². The minimum absolute atomic E-state index is 0. The second-order valence-electron chi connectivity index (χ2n) is 10.3. The van der Waals surface area contributed by atoms with Gasteiger partial charge in [-0.05, 0) is 70.4 Å². The van der Waals surface area contributed by atoms with Crippen LogP contribution in [0.3, 0.4) is 0 Å². The molecule has 0 aliphatic rings. The Hall–Kier alpha value is -1.49. The number of quaternary nitrogens is 1. The maximum Gasteiger partial charge on any atom is 0.126 e. The second kappa shape index (κ2) is 24.8. The Bertz CT molecular complexity index is 718. The summed E-state index contributed by atoms with van der Waals surface area (Å²) < 4.78 is 12.2. The largest absolute Gasteiger partial charge is 1.00 e. The maximum absolute atomic E-state index is 9.00. The molecule has 1 aromatic rings. The van der Waals surface area contributed by atoms with Crippen LogP contribution >= 0.6 is 0 Å². The molecule has 0 fully saturated rings. The van der Waals surface area contributed by atoms with E-state index in [0.29, 0.717) is 6.61 Å². The summed E-state index contributed by atoms with van der Waals surface area (Å²) >= 11 is 0. The molecule has 37 heavy (non-hydrogen) atoms. The number of rotatable bonds is 23. The smallest absolute Gasteiger partial charge is 0.126 e. The van der Waals surface area contributed by atoms with E-state index in [-0.39, 0.29) is 19.0 Å². The summed E-state index contributed by atoms with van der Waals surface area (Å²) in [4.78, 5) is 1.38. The average molecular weight is 538 g/mol. The Morgan fingerprint density at radius 2 is 1.24 bits per heavy atom. The van der Waals surface area contributed by atoms with E-state index in [9.17, 15) is 0 Å². The molecule has 0 unspecified atom stereocenters. The zero-order valence-corrected chi connectivity index (χ0v) is 25.1. The van der Waals surface area contributed by atoms with Crippen LogP contribution < -0.4 is 26.8 Å². The molecule has 0 aromatic heterocycles. The summed E-state index contributed by atoms with van der Waals surface area (Å²) in [6, 6.07) is 4.33. The number of hydrogen-bond acceptors (Lipinski definition) is 3. The molecule has 0 spiro atoms. The lowest BCUT2D eigenvalue weighted by molar-refractivity contribution is -0.872. The zero-order chi connectivity index (χ0) is 26.3. The topological polar surface area (TPSA) is 43.1 Å². The van der Waals surface area contributed by atoms with E-state index in [2.05, 4.69) is 64.4 Å². The fourth-order valence-electron chi connectivity index (χ4n) is 4.19. The van der Waals surface area contributed by atoms with Crippen LogP contribution in [0.2, 0.25) is 0 Å². The lowest BCUT2D eigenvalue weighted by atomic mass is 10.1. The van der Waals surface area contributed by atoms with E-state index in [1.165, 1.54) is 74.7 Å². The SMILES string of the molecule is CCCCC/C=C\C/C=C\CCCCCCCCOc1cc(C[NH+](C)C)cc(OCCCCO)c1C.[Cl-]. The van der Waals surface area contributed by atoms with Gasteiger partial charge in [0.25, 0.3) is 0 Å². The van der Waals surface area contributed by atoms with Crippen molar-refractivity contribution >= 4 is 0 Å². The summed E-state index contributed by atoms with van der Waals surface area (Å²) in [6.45, 7) is 6.89. The minimum atomic E-state index is 0. The molecule has 0 radical (unpaired) electrons. The van der Waals surface area contributed by atoms with Gasteiger partial charge in [-0.25, -0.2) is 0 Å². The number of hydrogen-bond donors (Lipinski definition) is 2. The molecular weight excluding hydrogens is 482 g/mol. The van der Waals surface area contributed by atoms with Gasteiger partial charge in [-0.3, -0.25) is 0 Å². The first-order chi connectivity index (χ1) is 17.6. The predicted molar refractivity (Wildman–Crippen MR) is 154 cm³/mol. The highest BCUT2D eigenvalue weighted by molar-refractivity contribution is 5.47. The lowest BCUT2D eigenvalue weighted by Crippen LogP contribution is -3.04. The number of aliphatic hydroxyl groups is 1. The molecule has 0 saturated carbocycles. The summed E-state index contributed by atoms with van der Waals surface area (Å²) in [7, 11) is 4.32. The highest BCUT2D eigenvalue weighted by Gasteiger charge is 2.12. The number of aliphatic hydroxyl groups excluding tert-OH is 1. The molecule has 0 saturated heterocycles. The molecule has 0 heterocycles. The second-order valence-corrected chi connectivity index (χ2v) is 10.3. The van der Waals surface area contributed by atoms with Crippen LogP contribution in [0, 0.1) is 6.92 Å². The van der Waals surface area contributed by atoms with Crippen molar-refractivity contribution in [3.8, 4) is 11.5 Å². The van der Waals surface area contributed by atoms with E-state index >= 15 is 0 Å². The number of unbranched alkanes of at least 4 members (excludes halogenated alkanes) is 10. The van der Waals surface area contributed by atoms with Crippen LogP contribution in [0.25, 0.3) is 0 Å². The molecule has 0 amide bonds. The fraction of sp³-hybridized carbons (Fsp3) is 0.688. The Morgan fingerprint density at radius 3 is 1.78 bits per heavy atom. The van der Waals surface area contributed by atoms with Gasteiger partial charge >= 0.3 is 0 Å². The molecule has 1 aromatic carbocycles. The van der Waals surface area contributed by atoms with Crippen molar-refractivity contribution in [2.75, 3.05) is 33.9 Å². The summed E-state index contributed by atoms with van der Waals surface area (Å²) in [5, 5.41) is 9.00. The van der Waals surface area contributed by atoms with Crippen molar-refractivity contribution in [3.05, 3.63) is 47.6 Å². The number of allylic oxidation sites excluding steroid dienone is 4. The fourth-order valence-corrected chi connectivity index (χ4v) is 4.19. The van der Waals surface area contributed by atoms with Crippen LogP contribution in [0.5, 0.6) is 11.5 Å². The predicted octanol–water partition coefficient (Wildman–Crippen LogP) is 3.99. The molecule has 0 aliphatic heterocycles. The van der Waals surface area contributed by atoms with Crippen molar-refractivity contribution in [3.63, 3.8) is 0 Å². The van der Waals surface area contributed by atoms with Gasteiger partial charge in [-0.15, -0.1) is 0 Å². The van der Waals surface area contributed by atoms with Gasteiger partial charge in [-0.1, -0.05) is 69.8 Å². The Kier molecular flexibility index (Phi) is 23.8. The highest BCUT2D eigenvalue weighted by Crippen LogP contribution is 2.30. The molecule has 1 rings (SSSR count). The van der Waals surface area contributed by atoms with E-state index in [1.807, 2.05) is 0 Å². The normalized spacial score (nSPS) is 11.5. The van der Waals surface area contributed by atoms with Crippen LogP contribution in [0.1, 0.15) is 108 Å². The number of ether oxygens (including phenoxy) is 2. The highest BCUT2D eigenvalue weighted by atomic mass is 35.5. The maximum atomic E-state index is 9.00. The van der Waals surface area contributed by atoms with Gasteiger partial charge in [0.2, 0.25) is 0 Å². The van der Waals surface area contributed by atoms with Gasteiger partial charge < -0.3 is 31.9 Å². The molecule has 0 bridgehead atoms. The molecular formula is C32H56ClNO3. The molecule has 2 N–H and O–H groups in total. The third kappa shape index (κ3) is 19.3. The lowest BCUT2D eigenvalue weighted by Gasteiger charge is -2.17. The summed E-state index contributed by atoms with van der Waals surface area (Å²) in [5.74, 6) is 1.87. The molecule has 0 aliphatic carbocycles. The van der Waals surface area contributed by atoms with Crippen LogP contribution in [0.15, 0.2) is 36.4 Å². The molecule has 0 atom stereocenters. The number of halogens is 1. The summed E-state index contributed by atoms with van der Waals surface area (Å²) in [6.07, 6.45) is 26.0. The van der Waals surface area contributed by atoms with Crippen LogP contribution in [-0.4, -0.2) is 39.0 Å². The van der Waals surface area contributed by atoms with Crippen molar-refractivity contribution in [1.29, 1.82) is 0 Å². The number of nitrogens with one attached hydrogen (secondary N) is 1. The third-order valence-corrected chi connectivity index (χ3v) is 6.34. The Balaban J connectivity index is 0.0000130. The number of benzene rings is 1. The van der Waals surface area contributed by atoms with E-state index in [0.717, 1.165) is 55.9 Å². The van der Waals surface area contributed by atoms with Gasteiger partial charge in [0.05, 0.1) is 27.3 Å². The van der Waals surface area contributed by atoms with Gasteiger partial charge in [0.15, 0.2) is 0 Å². The molecule has 4 nitrogen and oxygen atoms in total. The Morgan fingerprint density at radius 1 is 0.730 bits per heavy atom. The molecule has 5 heteroatoms. The molecule has 214 valence electrons. The zero-order valence-electron chi connectivity index (χ0n) is 24.3. The van der Waals surface area contributed by atoms with E-state index in [1.54, 1.807) is 0 Å². The van der Waals surface area contributed by atoms with Crippen molar-refractivity contribution in [2.45, 2.75) is 110 Å². The van der Waals surface area contributed by atoms with E-state index in [4.69, 9.17) is 14.6 Å². The van der Waals surface area contributed by atoms with Gasteiger partial charge in [0.1, 0.15) is 18.0 Å². The van der Waals surface area contributed by atoms with Gasteiger partial charge in [-0.2, -0.15) is 0 Å². The van der Waals surface area contributed by atoms with Gasteiger partial charge in [0, 0.05) is 17.7 Å². The van der Waals surface area contributed by atoms with Crippen LogP contribution in [-0.2, 0) is 6.54 Å². The van der Waals surface area contributed by atoms with Crippen molar-refractivity contribution in [1.82, 2.24) is 0 Å². The Labute approximate surface area is 234 Å². The first-order valence-corrected chi connectivity index (χ1v) is 14.7. The third-order valence-electron chi connectivity index (χ3n) is 6.34. The van der Waals surface area contributed by atoms with Crippen molar-refractivity contribution < 1.29 is 31.9 Å². The first-order valence-electron chi connectivity index (χ1n) is 14.7. The average Bonchev–Trinajstić information content (AvgIpc) is 2.85. The monoisotopic (exact) mass is 537 g/mol. The standard InChI is InChI=1S/C32H55NO3.ClH/c1-5-6-7-8-9-10-11-12-13-14-15-16-17-18-19-21-24-35-31-26-30(28-33(3)4)27-32(29(31)2)36-25-22-20-23-34;/h9-10,12-13,26-27,34H,5-8,11,14-25,28H2,1-4H3;1H/b10-9-,13-12-;. The van der Waals surface area contributed by atoms with Crippen LogP contribution in [0.4, 0.5) is 0 Å².